The first kappa shape index (κ1) is 22.8. The first-order chi connectivity index (χ1) is 13.7. The van der Waals surface area contributed by atoms with E-state index in [4.69, 9.17) is 21.1 Å². The molecule has 0 aliphatic heterocycles. The lowest BCUT2D eigenvalue weighted by atomic mass is 10.0. The minimum Gasteiger partial charge on any atom is -0.497 e. The molecule has 0 fully saturated rings. The third kappa shape index (κ3) is 6.01. The summed E-state index contributed by atoms with van der Waals surface area (Å²) in [6, 6.07) is 11.7. The number of nitrogens with one attached hydrogen (secondary N) is 1. The number of ether oxygens (including phenoxy) is 2. The topological polar surface area (TPSA) is 84.9 Å². The van der Waals surface area contributed by atoms with Gasteiger partial charge < -0.3 is 14.8 Å². The maximum atomic E-state index is 12.7. The minimum absolute atomic E-state index is 0.204. The molecule has 0 saturated heterocycles. The summed E-state index contributed by atoms with van der Waals surface area (Å²) in [5, 5.41) is 3.22. The Labute approximate surface area is 176 Å². The van der Waals surface area contributed by atoms with Crippen molar-refractivity contribution in [3.05, 3.63) is 53.1 Å². The van der Waals surface area contributed by atoms with Crippen molar-refractivity contribution in [3.63, 3.8) is 0 Å². The lowest BCUT2D eigenvalue weighted by Crippen LogP contribution is -2.41. The molecular weight excluding hydrogens is 416 g/mol. The zero-order valence-electron chi connectivity index (χ0n) is 16.8. The Morgan fingerprint density at radius 2 is 1.79 bits per heavy atom. The van der Waals surface area contributed by atoms with Crippen molar-refractivity contribution in [3.8, 4) is 11.5 Å². The molecular formula is C20H25ClN2O5S. The van der Waals surface area contributed by atoms with Gasteiger partial charge in [-0.05, 0) is 42.3 Å². The number of anilines is 1. The van der Waals surface area contributed by atoms with E-state index in [1.54, 1.807) is 19.2 Å². The molecule has 0 heterocycles. The molecule has 0 bridgehead atoms. The van der Waals surface area contributed by atoms with Crippen molar-refractivity contribution in [1.29, 1.82) is 0 Å². The highest BCUT2D eigenvalue weighted by molar-refractivity contribution is 7.92. The van der Waals surface area contributed by atoms with Crippen molar-refractivity contribution in [2.45, 2.75) is 19.4 Å². The standard InChI is InChI=1S/C20H25ClN2O5S/c1-5-17(14-6-9-16(27-2)10-7-14)22-20(24)13-23(29(4,25)26)18-12-15(21)8-11-19(18)28-3/h6-12,17H,5,13H2,1-4H3,(H,22,24)/t17-/m0/s1. The second-order valence-corrected chi connectivity index (χ2v) is 8.73. The Balaban J connectivity index is 2.25. The van der Waals surface area contributed by atoms with Crippen molar-refractivity contribution >= 4 is 33.2 Å². The van der Waals surface area contributed by atoms with Crippen LogP contribution in [-0.2, 0) is 14.8 Å². The fourth-order valence-corrected chi connectivity index (χ4v) is 3.88. The molecule has 1 N–H and O–H groups in total. The average Bonchev–Trinajstić information content (AvgIpc) is 2.69. The van der Waals surface area contributed by atoms with Gasteiger partial charge in [-0.3, -0.25) is 9.10 Å². The summed E-state index contributed by atoms with van der Waals surface area (Å²) in [4.78, 5) is 12.7. The number of nitrogens with zero attached hydrogens (tertiary/aromatic N) is 1. The fourth-order valence-electron chi connectivity index (χ4n) is 2.87. The third-order valence-corrected chi connectivity index (χ3v) is 5.72. The Kier molecular flexibility index (Phi) is 7.75. The van der Waals surface area contributed by atoms with Gasteiger partial charge in [-0.1, -0.05) is 30.7 Å². The lowest BCUT2D eigenvalue weighted by Gasteiger charge is -2.25. The van der Waals surface area contributed by atoms with E-state index in [9.17, 15) is 13.2 Å². The second kappa shape index (κ2) is 9.84. The van der Waals surface area contributed by atoms with Crippen LogP contribution in [0.5, 0.6) is 11.5 Å². The number of halogens is 1. The fraction of sp³-hybridized carbons (Fsp3) is 0.350. The molecule has 1 amide bonds. The summed E-state index contributed by atoms with van der Waals surface area (Å²) in [7, 11) is -0.759. The summed E-state index contributed by atoms with van der Waals surface area (Å²) in [6.45, 7) is 1.53. The lowest BCUT2D eigenvalue weighted by molar-refractivity contribution is -0.120. The minimum atomic E-state index is -3.76. The van der Waals surface area contributed by atoms with E-state index in [-0.39, 0.29) is 11.7 Å². The molecule has 0 aromatic heterocycles. The van der Waals surface area contributed by atoms with E-state index in [1.165, 1.54) is 13.2 Å². The highest BCUT2D eigenvalue weighted by Gasteiger charge is 2.25. The van der Waals surface area contributed by atoms with Crippen molar-refractivity contribution < 1.29 is 22.7 Å². The van der Waals surface area contributed by atoms with Gasteiger partial charge in [0.25, 0.3) is 0 Å². The van der Waals surface area contributed by atoms with Crippen molar-refractivity contribution in [2.75, 3.05) is 31.3 Å². The average molecular weight is 441 g/mol. The van der Waals surface area contributed by atoms with E-state index in [2.05, 4.69) is 5.32 Å². The van der Waals surface area contributed by atoms with Gasteiger partial charge in [0.1, 0.15) is 18.0 Å². The van der Waals surface area contributed by atoms with Crippen LogP contribution in [-0.4, -0.2) is 41.3 Å². The number of hydrogen-bond acceptors (Lipinski definition) is 5. The molecule has 158 valence electrons. The number of hydrogen-bond donors (Lipinski definition) is 1. The van der Waals surface area contributed by atoms with Crippen molar-refractivity contribution in [1.82, 2.24) is 5.32 Å². The molecule has 2 aromatic carbocycles. The summed E-state index contributed by atoms with van der Waals surface area (Å²) >= 11 is 6.03. The molecule has 29 heavy (non-hydrogen) atoms. The zero-order valence-corrected chi connectivity index (χ0v) is 18.4. The van der Waals surface area contributed by atoms with E-state index in [1.807, 2.05) is 31.2 Å². The summed E-state index contributed by atoms with van der Waals surface area (Å²) in [5.41, 5.74) is 1.10. The van der Waals surface area contributed by atoms with Crippen LogP contribution >= 0.6 is 11.6 Å². The second-order valence-electron chi connectivity index (χ2n) is 6.39. The first-order valence-electron chi connectivity index (χ1n) is 8.94. The number of rotatable bonds is 9. The van der Waals surface area contributed by atoms with Gasteiger partial charge in [-0.15, -0.1) is 0 Å². The monoisotopic (exact) mass is 440 g/mol. The van der Waals surface area contributed by atoms with E-state index >= 15 is 0 Å². The van der Waals surface area contributed by atoms with Crippen LogP contribution in [0.3, 0.4) is 0 Å². The Bertz CT molecular complexity index is 948. The van der Waals surface area contributed by atoms with Crippen LogP contribution in [0, 0.1) is 0 Å². The van der Waals surface area contributed by atoms with E-state index in [0.717, 1.165) is 16.1 Å². The van der Waals surface area contributed by atoms with Gasteiger partial charge in [0, 0.05) is 5.02 Å². The molecule has 7 nitrogen and oxygen atoms in total. The molecule has 9 heteroatoms. The number of sulfonamides is 1. The molecule has 0 unspecified atom stereocenters. The largest absolute Gasteiger partial charge is 0.497 e. The number of carbonyl (C=O) groups excluding carboxylic acids is 1. The number of benzene rings is 2. The van der Waals surface area contributed by atoms with Gasteiger partial charge in [-0.2, -0.15) is 0 Å². The predicted octanol–water partition coefficient (Wildman–Crippen LogP) is 3.39. The number of carbonyl (C=O) groups is 1. The number of amides is 1. The van der Waals surface area contributed by atoms with Crippen LogP contribution in [0.25, 0.3) is 0 Å². The normalized spacial score (nSPS) is 12.2. The van der Waals surface area contributed by atoms with E-state index in [0.29, 0.717) is 22.9 Å². The quantitative estimate of drug-likeness (QED) is 0.646. The van der Waals surface area contributed by atoms with Crippen LogP contribution in [0.2, 0.25) is 5.02 Å². The zero-order chi connectivity index (χ0) is 21.6. The Morgan fingerprint density at radius 1 is 1.14 bits per heavy atom. The maximum Gasteiger partial charge on any atom is 0.241 e. The molecule has 1 atom stereocenters. The Morgan fingerprint density at radius 3 is 2.31 bits per heavy atom. The molecule has 0 saturated carbocycles. The highest BCUT2D eigenvalue weighted by atomic mass is 35.5. The van der Waals surface area contributed by atoms with Crippen LogP contribution in [0.4, 0.5) is 5.69 Å². The SMILES string of the molecule is CC[C@H](NC(=O)CN(c1cc(Cl)ccc1OC)S(C)(=O)=O)c1ccc(OC)cc1. The maximum absolute atomic E-state index is 12.7. The molecule has 2 rings (SSSR count). The molecule has 0 aliphatic carbocycles. The third-order valence-electron chi connectivity index (χ3n) is 4.36. The van der Waals surface area contributed by atoms with Crippen LogP contribution in [0.15, 0.2) is 42.5 Å². The summed E-state index contributed by atoms with van der Waals surface area (Å²) in [6.07, 6.45) is 1.67. The summed E-state index contributed by atoms with van der Waals surface area (Å²) in [5.74, 6) is 0.571. The van der Waals surface area contributed by atoms with Crippen molar-refractivity contribution in [2.24, 2.45) is 0 Å². The van der Waals surface area contributed by atoms with Gasteiger partial charge in [0.15, 0.2) is 0 Å². The summed E-state index contributed by atoms with van der Waals surface area (Å²) < 4.78 is 36.1. The Hall–Kier alpha value is -2.45. The van der Waals surface area contributed by atoms with Gasteiger partial charge in [0.2, 0.25) is 15.9 Å². The molecule has 0 aliphatic rings. The molecule has 0 spiro atoms. The number of methoxy groups -OCH3 is 2. The van der Waals surface area contributed by atoms with Gasteiger partial charge in [0.05, 0.1) is 32.2 Å². The molecule has 0 radical (unpaired) electrons. The van der Waals surface area contributed by atoms with Gasteiger partial charge >= 0.3 is 0 Å². The van der Waals surface area contributed by atoms with Gasteiger partial charge in [-0.25, -0.2) is 8.42 Å². The van der Waals surface area contributed by atoms with Crippen LogP contribution < -0.4 is 19.1 Å². The smallest absolute Gasteiger partial charge is 0.241 e. The van der Waals surface area contributed by atoms with Crippen LogP contribution in [0.1, 0.15) is 24.9 Å². The van der Waals surface area contributed by atoms with E-state index < -0.39 is 22.5 Å². The molecule has 2 aromatic rings. The highest BCUT2D eigenvalue weighted by Crippen LogP contribution is 2.32. The first-order valence-corrected chi connectivity index (χ1v) is 11.2. The predicted molar refractivity (Wildman–Crippen MR) is 114 cm³/mol.